The number of nitrogens with one attached hydrogen (secondary N) is 1. The van der Waals surface area contributed by atoms with Gasteiger partial charge in [0.15, 0.2) is 0 Å². The zero-order chi connectivity index (χ0) is 23.9. The lowest BCUT2D eigenvalue weighted by Crippen LogP contribution is -2.05. The van der Waals surface area contributed by atoms with Crippen molar-refractivity contribution >= 4 is 28.6 Å². The highest BCUT2D eigenvalue weighted by molar-refractivity contribution is 6.31. The summed E-state index contributed by atoms with van der Waals surface area (Å²) < 4.78 is 5.29. The van der Waals surface area contributed by atoms with Gasteiger partial charge in [-0.3, -0.25) is 0 Å². The quantitative estimate of drug-likeness (QED) is 0.266. The van der Waals surface area contributed by atoms with E-state index >= 15 is 0 Å². The molecule has 0 fully saturated rings. The van der Waals surface area contributed by atoms with Crippen LogP contribution in [-0.4, -0.2) is 22.5 Å². The van der Waals surface area contributed by atoms with Gasteiger partial charge in [-0.15, -0.1) is 0 Å². The number of hydrogen-bond donors (Lipinski definition) is 1. The molecule has 4 aromatic carbocycles. The van der Waals surface area contributed by atoms with E-state index in [0.29, 0.717) is 23.6 Å². The SMILES string of the molecule is CCOC(=O)c1cc(Cc2ccccc2Cl)c2nc(-c3cccc4c3Cc3ccccc3-4)[nH]c2c1. The van der Waals surface area contributed by atoms with Gasteiger partial charge < -0.3 is 9.72 Å². The molecule has 0 amide bonds. The van der Waals surface area contributed by atoms with E-state index in [1.807, 2.05) is 43.3 Å². The van der Waals surface area contributed by atoms with E-state index in [4.69, 9.17) is 21.3 Å². The van der Waals surface area contributed by atoms with Crippen LogP contribution in [0.15, 0.2) is 78.9 Å². The first-order chi connectivity index (χ1) is 17.1. The monoisotopic (exact) mass is 478 g/mol. The van der Waals surface area contributed by atoms with Crippen LogP contribution in [0.25, 0.3) is 33.5 Å². The Morgan fingerprint density at radius 2 is 1.71 bits per heavy atom. The normalized spacial score (nSPS) is 11.9. The van der Waals surface area contributed by atoms with Gasteiger partial charge in [0, 0.05) is 17.0 Å². The summed E-state index contributed by atoms with van der Waals surface area (Å²) in [6.45, 7) is 2.13. The van der Waals surface area contributed by atoms with Gasteiger partial charge in [-0.2, -0.15) is 0 Å². The third-order valence-corrected chi connectivity index (χ3v) is 6.99. The molecule has 0 unspecified atom stereocenters. The van der Waals surface area contributed by atoms with Gasteiger partial charge in [0.05, 0.1) is 23.2 Å². The van der Waals surface area contributed by atoms with E-state index in [0.717, 1.165) is 40.0 Å². The van der Waals surface area contributed by atoms with Crippen LogP contribution < -0.4 is 0 Å². The van der Waals surface area contributed by atoms with Crippen molar-refractivity contribution in [3.8, 4) is 22.5 Å². The average molecular weight is 479 g/mol. The maximum Gasteiger partial charge on any atom is 0.338 e. The Morgan fingerprint density at radius 1 is 0.943 bits per heavy atom. The number of ether oxygens (including phenoxy) is 1. The van der Waals surface area contributed by atoms with Crippen molar-refractivity contribution in [3.63, 3.8) is 0 Å². The summed E-state index contributed by atoms with van der Waals surface area (Å²) >= 11 is 6.47. The van der Waals surface area contributed by atoms with Gasteiger partial charge >= 0.3 is 5.97 Å². The predicted molar refractivity (Wildman–Crippen MR) is 140 cm³/mol. The molecule has 35 heavy (non-hydrogen) atoms. The number of carbonyl (C=O) groups excluding carboxylic acids is 1. The number of esters is 1. The molecule has 4 nitrogen and oxygen atoms in total. The molecular weight excluding hydrogens is 456 g/mol. The van der Waals surface area contributed by atoms with Crippen molar-refractivity contribution in [3.05, 3.63) is 112 Å². The van der Waals surface area contributed by atoms with E-state index in [1.165, 1.54) is 22.3 Å². The van der Waals surface area contributed by atoms with Gasteiger partial charge in [0.2, 0.25) is 0 Å². The van der Waals surface area contributed by atoms with E-state index in [9.17, 15) is 4.79 Å². The summed E-state index contributed by atoms with van der Waals surface area (Å²) in [5, 5.41) is 0.691. The van der Waals surface area contributed by atoms with Crippen LogP contribution in [0.1, 0.15) is 39.5 Å². The molecule has 172 valence electrons. The van der Waals surface area contributed by atoms with Crippen LogP contribution in [0.2, 0.25) is 5.02 Å². The Hall–Kier alpha value is -3.89. The van der Waals surface area contributed by atoms with Crippen molar-refractivity contribution in [2.75, 3.05) is 6.61 Å². The summed E-state index contributed by atoms with van der Waals surface area (Å²) in [7, 11) is 0. The lowest BCUT2D eigenvalue weighted by molar-refractivity contribution is 0.0526. The number of halogens is 1. The fourth-order valence-corrected chi connectivity index (χ4v) is 5.21. The van der Waals surface area contributed by atoms with Gasteiger partial charge in [-0.05, 0) is 64.9 Å². The summed E-state index contributed by atoms with van der Waals surface area (Å²) in [6, 6.07) is 26.4. The number of H-pyrrole nitrogens is 1. The van der Waals surface area contributed by atoms with Crippen molar-refractivity contribution in [1.82, 2.24) is 9.97 Å². The van der Waals surface area contributed by atoms with Crippen LogP contribution in [0.4, 0.5) is 0 Å². The molecule has 5 heteroatoms. The third-order valence-electron chi connectivity index (χ3n) is 6.62. The molecule has 0 radical (unpaired) electrons. The maximum absolute atomic E-state index is 12.6. The Bertz CT molecular complexity index is 1600. The minimum absolute atomic E-state index is 0.321. The molecule has 1 heterocycles. The lowest BCUT2D eigenvalue weighted by Gasteiger charge is -2.08. The number of rotatable bonds is 5. The molecule has 0 aliphatic heterocycles. The molecule has 0 atom stereocenters. The molecular formula is C30H23ClN2O2. The molecule has 1 N–H and O–H groups in total. The standard InChI is InChI=1S/C30H23ClN2O2/c1-2-35-30(34)21-15-20(14-19-9-4-6-13-26(19)31)28-27(17-21)32-29(33-28)24-12-7-11-23-22-10-5-3-8-18(22)16-25(23)24/h3-13,15,17H,2,14,16H2,1H3,(H,32,33). The first-order valence-electron chi connectivity index (χ1n) is 11.8. The summed E-state index contributed by atoms with van der Waals surface area (Å²) in [5.74, 6) is 0.452. The van der Waals surface area contributed by atoms with E-state index < -0.39 is 0 Å². The number of aromatic amines is 1. The van der Waals surface area contributed by atoms with Gasteiger partial charge in [0.1, 0.15) is 5.82 Å². The maximum atomic E-state index is 12.6. The lowest BCUT2D eigenvalue weighted by atomic mass is 10.0. The van der Waals surface area contributed by atoms with Crippen LogP contribution in [0.5, 0.6) is 0 Å². The zero-order valence-electron chi connectivity index (χ0n) is 19.3. The van der Waals surface area contributed by atoms with Crippen LogP contribution in [0, 0.1) is 0 Å². The second-order valence-corrected chi connectivity index (χ2v) is 9.18. The van der Waals surface area contributed by atoms with Crippen molar-refractivity contribution in [1.29, 1.82) is 0 Å². The van der Waals surface area contributed by atoms with Gasteiger partial charge in [0.25, 0.3) is 0 Å². The molecule has 0 bridgehead atoms. The van der Waals surface area contributed by atoms with Gasteiger partial charge in [-0.1, -0.05) is 72.3 Å². The van der Waals surface area contributed by atoms with Crippen LogP contribution in [0.3, 0.4) is 0 Å². The summed E-state index contributed by atoms with van der Waals surface area (Å²) in [6.07, 6.45) is 1.44. The highest BCUT2D eigenvalue weighted by atomic mass is 35.5. The Kier molecular flexibility index (Phi) is 5.39. The Labute approximate surface area is 208 Å². The minimum atomic E-state index is -0.345. The first-order valence-corrected chi connectivity index (χ1v) is 12.1. The fraction of sp³-hybridized carbons (Fsp3) is 0.133. The second-order valence-electron chi connectivity index (χ2n) is 8.77. The number of carbonyl (C=O) groups is 1. The number of imidazole rings is 1. The molecule has 0 spiro atoms. The minimum Gasteiger partial charge on any atom is -0.462 e. The first kappa shape index (κ1) is 21.6. The average Bonchev–Trinajstić information content (AvgIpc) is 3.47. The summed E-state index contributed by atoms with van der Waals surface area (Å²) in [4.78, 5) is 21.2. The topological polar surface area (TPSA) is 55.0 Å². The Morgan fingerprint density at radius 3 is 2.57 bits per heavy atom. The van der Waals surface area contributed by atoms with Crippen molar-refractivity contribution in [2.24, 2.45) is 0 Å². The zero-order valence-corrected chi connectivity index (χ0v) is 20.0. The van der Waals surface area contributed by atoms with Gasteiger partial charge in [-0.25, -0.2) is 9.78 Å². The third kappa shape index (κ3) is 3.80. The van der Waals surface area contributed by atoms with E-state index in [1.54, 1.807) is 0 Å². The van der Waals surface area contributed by atoms with Crippen LogP contribution >= 0.6 is 11.6 Å². The highest BCUT2D eigenvalue weighted by Crippen LogP contribution is 2.41. The van der Waals surface area contributed by atoms with E-state index in [2.05, 4.69) is 47.4 Å². The molecule has 1 aromatic heterocycles. The summed E-state index contributed by atoms with van der Waals surface area (Å²) in [5.41, 5.74) is 10.3. The van der Waals surface area contributed by atoms with E-state index in [-0.39, 0.29) is 5.97 Å². The Balaban J connectivity index is 1.50. The molecule has 0 saturated heterocycles. The molecule has 1 aliphatic rings. The second kappa shape index (κ2) is 8.71. The van der Waals surface area contributed by atoms with Crippen LogP contribution in [-0.2, 0) is 17.6 Å². The highest BCUT2D eigenvalue weighted by Gasteiger charge is 2.23. The molecule has 5 aromatic rings. The van der Waals surface area contributed by atoms with Crippen molar-refractivity contribution < 1.29 is 9.53 Å². The molecule has 0 saturated carbocycles. The number of benzene rings is 4. The van der Waals surface area contributed by atoms with Crippen molar-refractivity contribution in [2.45, 2.75) is 19.8 Å². The predicted octanol–water partition coefficient (Wildman–Crippen LogP) is 7.22. The fourth-order valence-electron chi connectivity index (χ4n) is 5.01. The number of hydrogen-bond acceptors (Lipinski definition) is 3. The number of fused-ring (bicyclic) bond motifs is 4. The number of nitrogens with zero attached hydrogens (tertiary/aromatic N) is 1. The smallest absolute Gasteiger partial charge is 0.338 e. The molecule has 1 aliphatic carbocycles. The number of aromatic nitrogens is 2. The largest absolute Gasteiger partial charge is 0.462 e. The molecule has 6 rings (SSSR count).